The van der Waals surface area contributed by atoms with Crippen LogP contribution in [0.3, 0.4) is 0 Å². The molecule has 0 aromatic heterocycles. The zero-order valence-corrected chi connectivity index (χ0v) is 12.7. The summed E-state index contributed by atoms with van der Waals surface area (Å²) in [4.78, 5) is 12.1. The van der Waals surface area contributed by atoms with Gasteiger partial charge in [-0.2, -0.15) is 13.2 Å². The highest BCUT2D eigenvalue weighted by Crippen LogP contribution is 2.34. The first-order valence-electron chi connectivity index (χ1n) is 6.72. The van der Waals surface area contributed by atoms with Gasteiger partial charge in [-0.15, -0.1) is 12.4 Å². The molecule has 0 aliphatic carbocycles. The van der Waals surface area contributed by atoms with Crippen LogP contribution >= 0.6 is 12.4 Å². The van der Waals surface area contributed by atoms with Gasteiger partial charge >= 0.3 is 6.18 Å². The van der Waals surface area contributed by atoms with E-state index >= 15 is 0 Å². The number of piperidine rings is 1. The fourth-order valence-electron chi connectivity index (χ4n) is 2.42. The van der Waals surface area contributed by atoms with Gasteiger partial charge in [-0.1, -0.05) is 0 Å². The van der Waals surface area contributed by atoms with E-state index in [2.05, 4.69) is 10.6 Å². The number of alkyl halides is 3. The molecule has 1 saturated heterocycles. The Morgan fingerprint density at radius 1 is 1.41 bits per heavy atom. The standard InChI is InChI=1S/C14H17F3N2O2.ClH/c1-8-6-9(4-5-18-8)13(21)19-11-7-10(14(15,16)17)2-3-12(11)20;/h2-3,7-9,18,20H,4-6H2,1H3,(H,19,21);1H/t8-,9-;/m0./s1. The summed E-state index contributed by atoms with van der Waals surface area (Å²) < 4.78 is 37.9. The van der Waals surface area contributed by atoms with Crippen LogP contribution in [-0.4, -0.2) is 23.6 Å². The first-order valence-corrected chi connectivity index (χ1v) is 6.72. The fourth-order valence-corrected chi connectivity index (χ4v) is 2.42. The molecule has 2 atom stereocenters. The Hall–Kier alpha value is -1.47. The van der Waals surface area contributed by atoms with Crippen LogP contribution in [0.1, 0.15) is 25.3 Å². The van der Waals surface area contributed by atoms with Crippen molar-refractivity contribution in [3.63, 3.8) is 0 Å². The molecule has 0 spiro atoms. The third kappa shape index (κ3) is 4.51. The zero-order valence-electron chi connectivity index (χ0n) is 11.9. The van der Waals surface area contributed by atoms with Crippen molar-refractivity contribution in [2.45, 2.75) is 32.0 Å². The average molecular weight is 339 g/mol. The van der Waals surface area contributed by atoms with Gasteiger partial charge in [0.15, 0.2) is 0 Å². The molecule has 0 bridgehead atoms. The summed E-state index contributed by atoms with van der Waals surface area (Å²) in [6.45, 7) is 2.63. The van der Waals surface area contributed by atoms with Gasteiger partial charge < -0.3 is 15.7 Å². The Kier molecular flexibility index (Phi) is 6.08. The van der Waals surface area contributed by atoms with Crippen LogP contribution in [0.25, 0.3) is 0 Å². The second-order valence-electron chi connectivity index (χ2n) is 5.30. The van der Waals surface area contributed by atoms with Crippen molar-refractivity contribution < 1.29 is 23.1 Å². The highest BCUT2D eigenvalue weighted by Gasteiger charge is 2.32. The highest BCUT2D eigenvalue weighted by atomic mass is 35.5. The summed E-state index contributed by atoms with van der Waals surface area (Å²) in [6, 6.07) is 2.64. The Morgan fingerprint density at radius 3 is 2.68 bits per heavy atom. The molecule has 0 radical (unpaired) electrons. The Balaban J connectivity index is 0.00000242. The van der Waals surface area contributed by atoms with Gasteiger partial charge in [0.1, 0.15) is 5.75 Å². The first kappa shape index (κ1) is 18.6. The van der Waals surface area contributed by atoms with Crippen molar-refractivity contribution in [2.24, 2.45) is 5.92 Å². The summed E-state index contributed by atoms with van der Waals surface area (Å²) in [5.41, 5.74) is -1.12. The van der Waals surface area contributed by atoms with Crippen molar-refractivity contribution >= 4 is 24.0 Å². The summed E-state index contributed by atoms with van der Waals surface area (Å²) in [7, 11) is 0. The lowest BCUT2D eigenvalue weighted by Crippen LogP contribution is -2.40. The molecule has 1 amide bonds. The number of hydrogen-bond acceptors (Lipinski definition) is 3. The maximum absolute atomic E-state index is 12.6. The summed E-state index contributed by atoms with van der Waals surface area (Å²) in [6.07, 6.45) is -3.28. The van der Waals surface area contributed by atoms with Crippen LogP contribution in [0.2, 0.25) is 0 Å². The lowest BCUT2D eigenvalue weighted by Gasteiger charge is -2.27. The minimum Gasteiger partial charge on any atom is -0.506 e. The van der Waals surface area contributed by atoms with Gasteiger partial charge in [0.2, 0.25) is 5.91 Å². The number of amides is 1. The number of rotatable bonds is 2. The number of hydrogen-bond donors (Lipinski definition) is 3. The Morgan fingerprint density at radius 2 is 2.09 bits per heavy atom. The summed E-state index contributed by atoms with van der Waals surface area (Å²) >= 11 is 0. The third-order valence-electron chi connectivity index (χ3n) is 3.58. The molecule has 1 fully saturated rings. The monoisotopic (exact) mass is 338 g/mol. The molecule has 1 aliphatic rings. The van der Waals surface area contributed by atoms with E-state index in [1.807, 2.05) is 6.92 Å². The van der Waals surface area contributed by atoms with Gasteiger partial charge in [0.05, 0.1) is 11.3 Å². The van der Waals surface area contributed by atoms with Crippen molar-refractivity contribution in [2.75, 3.05) is 11.9 Å². The van der Waals surface area contributed by atoms with Crippen LogP contribution in [0.5, 0.6) is 5.75 Å². The van der Waals surface area contributed by atoms with E-state index in [4.69, 9.17) is 0 Å². The van der Waals surface area contributed by atoms with Gasteiger partial charge in [-0.25, -0.2) is 0 Å². The number of carbonyl (C=O) groups is 1. The van der Waals surface area contributed by atoms with Crippen LogP contribution in [-0.2, 0) is 11.0 Å². The van der Waals surface area contributed by atoms with Gasteiger partial charge in [0, 0.05) is 12.0 Å². The number of halogens is 4. The molecule has 22 heavy (non-hydrogen) atoms. The summed E-state index contributed by atoms with van der Waals surface area (Å²) in [5.74, 6) is -1.01. The van der Waals surface area contributed by atoms with Crippen LogP contribution in [0.4, 0.5) is 18.9 Å². The lowest BCUT2D eigenvalue weighted by atomic mass is 9.92. The molecule has 0 unspecified atom stereocenters. The van der Waals surface area contributed by atoms with Crippen molar-refractivity contribution in [3.8, 4) is 5.75 Å². The van der Waals surface area contributed by atoms with E-state index in [0.717, 1.165) is 18.2 Å². The highest BCUT2D eigenvalue weighted by molar-refractivity contribution is 5.94. The number of benzene rings is 1. The second-order valence-corrected chi connectivity index (χ2v) is 5.30. The largest absolute Gasteiger partial charge is 0.506 e. The molecule has 2 rings (SSSR count). The smallest absolute Gasteiger partial charge is 0.416 e. The third-order valence-corrected chi connectivity index (χ3v) is 3.58. The van der Waals surface area contributed by atoms with Crippen molar-refractivity contribution in [1.82, 2.24) is 5.32 Å². The maximum Gasteiger partial charge on any atom is 0.416 e. The minimum atomic E-state index is -4.52. The lowest BCUT2D eigenvalue weighted by molar-refractivity contribution is -0.137. The molecule has 8 heteroatoms. The number of anilines is 1. The van der Waals surface area contributed by atoms with E-state index in [1.165, 1.54) is 0 Å². The van der Waals surface area contributed by atoms with Gasteiger partial charge in [-0.05, 0) is 44.5 Å². The molecule has 124 valence electrons. The second kappa shape index (κ2) is 7.19. The molecular formula is C14H18ClF3N2O2. The fraction of sp³-hybridized carbons (Fsp3) is 0.500. The van der Waals surface area contributed by atoms with E-state index in [0.29, 0.717) is 19.4 Å². The van der Waals surface area contributed by atoms with Crippen molar-refractivity contribution in [3.05, 3.63) is 23.8 Å². The molecule has 4 nitrogen and oxygen atoms in total. The molecule has 1 aromatic carbocycles. The number of phenolic OH excluding ortho intramolecular Hbond substituents is 1. The number of aromatic hydroxyl groups is 1. The van der Waals surface area contributed by atoms with Crippen LogP contribution in [0.15, 0.2) is 18.2 Å². The SMILES string of the molecule is C[C@H]1C[C@@H](C(=O)Nc2cc(C(F)(F)F)ccc2O)CCN1.Cl. The normalized spacial score (nSPS) is 21.8. The topological polar surface area (TPSA) is 61.4 Å². The van der Waals surface area contributed by atoms with Crippen LogP contribution < -0.4 is 10.6 Å². The summed E-state index contributed by atoms with van der Waals surface area (Å²) in [5, 5.41) is 15.2. The molecule has 1 aromatic rings. The maximum atomic E-state index is 12.6. The van der Waals surface area contributed by atoms with Gasteiger partial charge in [0.25, 0.3) is 0 Å². The van der Waals surface area contributed by atoms with E-state index in [1.54, 1.807) is 0 Å². The zero-order chi connectivity index (χ0) is 15.6. The number of nitrogens with one attached hydrogen (secondary N) is 2. The number of phenols is 1. The molecule has 3 N–H and O–H groups in total. The number of carbonyl (C=O) groups excluding carboxylic acids is 1. The quantitative estimate of drug-likeness (QED) is 0.726. The van der Waals surface area contributed by atoms with E-state index in [9.17, 15) is 23.1 Å². The molecule has 0 saturated carbocycles. The predicted molar refractivity (Wildman–Crippen MR) is 79.2 cm³/mol. The van der Waals surface area contributed by atoms with Crippen molar-refractivity contribution in [1.29, 1.82) is 0 Å². The Labute approximate surface area is 132 Å². The minimum absolute atomic E-state index is 0. The average Bonchev–Trinajstić information content (AvgIpc) is 2.40. The molecular weight excluding hydrogens is 321 g/mol. The van der Waals surface area contributed by atoms with Gasteiger partial charge in [-0.3, -0.25) is 4.79 Å². The molecule has 1 aliphatic heterocycles. The predicted octanol–water partition coefficient (Wildman–Crippen LogP) is 3.16. The van der Waals surface area contributed by atoms with E-state index < -0.39 is 11.7 Å². The first-order chi connectivity index (χ1) is 9.77. The molecule has 1 heterocycles. The Bertz CT molecular complexity index is 537. The van der Waals surface area contributed by atoms with E-state index in [-0.39, 0.29) is 41.7 Å². The van der Waals surface area contributed by atoms with Crippen LogP contribution in [0, 0.1) is 5.92 Å².